The Morgan fingerprint density at radius 1 is 1.14 bits per heavy atom. The van der Waals surface area contributed by atoms with Gasteiger partial charge in [0.05, 0.1) is 28.0 Å². The number of amides is 1. The number of nitrogens with zero attached hydrogens (tertiary/aromatic N) is 2. The predicted octanol–water partition coefficient (Wildman–Crippen LogP) is 0.973. The van der Waals surface area contributed by atoms with Crippen molar-refractivity contribution < 1.29 is 18.1 Å². The number of nitro groups is 1. The van der Waals surface area contributed by atoms with Gasteiger partial charge in [-0.1, -0.05) is 6.07 Å². The van der Waals surface area contributed by atoms with Gasteiger partial charge in [-0.15, -0.1) is 0 Å². The number of benzene rings is 2. The number of carbonyl (C=O) groups excluding carboxylic acids is 1. The van der Waals surface area contributed by atoms with Gasteiger partial charge in [-0.05, 0) is 30.3 Å². The highest BCUT2D eigenvalue weighted by Gasteiger charge is 2.17. The maximum atomic E-state index is 12.1. The summed E-state index contributed by atoms with van der Waals surface area (Å²) in [4.78, 5) is 21.6. The standard InChI is InChI=1S/C17H17N5O5S/c18-11-13-4-6-14(7-5-13)20-12-17(23)19-8-9-21-28(26,27)16-3-1-2-15(10-16)22(24)25/h1-7,10,20-21H,8-9,12H2,(H,19,23). The Hall–Kier alpha value is -3.49. The van der Waals surface area contributed by atoms with Crippen molar-refractivity contribution in [2.75, 3.05) is 25.0 Å². The summed E-state index contributed by atoms with van der Waals surface area (Å²) in [5.74, 6) is -0.348. The fraction of sp³-hybridized carbons (Fsp3) is 0.176. The van der Waals surface area contributed by atoms with Crippen LogP contribution in [0.5, 0.6) is 0 Å². The zero-order chi connectivity index (χ0) is 20.6. The van der Waals surface area contributed by atoms with E-state index >= 15 is 0 Å². The molecule has 2 aromatic rings. The molecule has 0 fully saturated rings. The molecule has 0 saturated carbocycles. The minimum Gasteiger partial charge on any atom is -0.376 e. The number of nitrogens with one attached hydrogen (secondary N) is 3. The summed E-state index contributed by atoms with van der Waals surface area (Å²) in [6.07, 6.45) is 0. The van der Waals surface area contributed by atoms with Crippen molar-refractivity contribution >= 4 is 27.3 Å². The second-order valence-corrected chi connectivity index (χ2v) is 7.31. The van der Waals surface area contributed by atoms with E-state index in [1.807, 2.05) is 6.07 Å². The van der Waals surface area contributed by atoms with E-state index in [2.05, 4.69) is 15.4 Å². The molecule has 0 aliphatic rings. The number of rotatable bonds is 9. The van der Waals surface area contributed by atoms with Crippen LogP contribution in [-0.2, 0) is 14.8 Å². The zero-order valence-corrected chi connectivity index (χ0v) is 15.4. The number of hydrogen-bond donors (Lipinski definition) is 3. The van der Waals surface area contributed by atoms with Crippen LogP contribution in [-0.4, -0.2) is 38.9 Å². The summed E-state index contributed by atoms with van der Waals surface area (Å²) < 4.78 is 26.5. The van der Waals surface area contributed by atoms with Gasteiger partial charge in [0.25, 0.3) is 5.69 Å². The van der Waals surface area contributed by atoms with Gasteiger partial charge in [-0.25, -0.2) is 13.1 Å². The number of anilines is 1. The van der Waals surface area contributed by atoms with Gasteiger partial charge in [-0.2, -0.15) is 5.26 Å². The lowest BCUT2D eigenvalue weighted by Gasteiger charge is -2.09. The van der Waals surface area contributed by atoms with E-state index in [1.54, 1.807) is 24.3 Å². The van der Waals surface area contributed by atoms with Crippen molar-refractivity contribution in [3.05, 3.63) is 64.2 Å². The highest BCUT2D eigenvalue weighted by atomic mass is 32.2. The van der Waals surface area contributed by atoms with Gasteiger partial charge < -0.3 is 10.6 Å². The normalized spacial score (nSPS) is 10.7. The lowest BCUT2D eigenvalue weighted by Crippen LogP contribution is -2.37. The van der Waals surface area contributed by atoms with E-state index in [0.29, 0.717) is 11.3 Å². The van der Waals surface area contributed by atoms with E-state index in [9.17, 15) is 23.3 Å². The molecule has 1 amide bonds. The average Bonchev–Trinajstić information content (AvgIpc) is 2.70. The molecule has 0 atom stereocenters. The lowest BCUT2D eigenvalue weighted by molar-refractivity contribution is -0.385. The van der Waals surface area contributed by atoms with Crippen molar-refractivity contribution in [3.8, 4) is 6.07 Å². The molecule has 0 unspecified atom stereocenters. The van der Waals surface area contributed by atoms with E-state index in [4.69, 9.17) is 5.26 Å². The number of nitro benzene ring substituents is 1. The first-order valence-corrected chi connectivity index (χ1v) is 9.55. The number of non-ortho nitro benzene ring substituents is 1. The van der Waals surface area contributed by atoms with E-state index < -0.39 is 14.9 Å². The molecule has 0 aromatic heterocycles. The first kappa shape index (κ1) is 20.8. The fourth-order valence-electron chi connectivity index (χ4n) is 2.14. The molecule has 0 radical (unpaired) electrons. The van der Waals surface area contributed by atoms with E-state index in [0.717, 1.165) is 6.07 Å². The van der Waals surface area contributed by atoms with Gasteiger partial charge in [0, 0.05) is 30.9 Å². The largest absolute Gasteiger partial charge is 0.376 e. The molecule has 0 saturated heterocycles. The van der Waals surface area contributed by atoms with Crippen LogP contribution in [0.1, 0.15) is 5.56 Å². The average molecular weight is 403 g/mol. The van der Waals surface area contributed by atoms with Crippen molar-refractivity contribution in [1.82, 2.24) is 10.0 Å². The zero-order valence-electron chi connectivity index (χ0n) is 14.6. The second-order valence-electron chi connectivity index (χ2n) is 5.54. The summed E-state index contributed by atoms with van der Waals surface area (Å²) in [5.41, 5.74) is 0.844. The molecular formula is C17H17N5O5S. The third-order valence-electron chi connectivity index (χ3n) is 3.55. The third kappa shape index (κ3) is 6.04. The fourth-order valence-corrected chi connectivity index (χ4v) is 3.21. The first-order chi connectivity index (χ1) is 13.3. The van der Waals surface area contributed by atoms with Crippen molar-refractivity contribution in [2.24, 2.45) is 0 Å². The smallest absolute Gasteiger partial charge is 0.270 e. The molecule has 28 heavy (non-hydrogen) atoms. The van der Waals surface area contributed by atoms with Crippen LogP contribution >= 0.6 is 0 Å². The van der Waals surface area contributed by atoms with Crippen LogP contribution < -0.4 is 15.4 Å². The molecule has 10 nitrogen and oxygen atoms in total. The number of nitriles is 1. The number of carbonyl (C=O) groups is 1. The Kier molecular flexibility index (Phi) is 7.02. The van der Waals surface area contributed by atoms with Crippen LogP contribution in [0.25, 0.3) is 0 Å². The summed E-state index contributed by atoms with van der Waals surface area (Å²) in [5, 5.41) is 24.9. The molecule has 0 bridgehead atoms. The SMILES string of the molecule is N#Cc1ccc(NCC(=O)NCCNS(=O)(=O)c2cccc([N+](=O)[O-])c2)cc1. The summed E-state index contributed by atoms with van der Waals surface area (Å²) in [7, 11) is -3.92. The van der Waals surface area contributed by atoms with Gasteiger partial charge in [0.2, 0.25) is 15.9 Å². The van der Waals surface area contributed by atoms with E-state index in [-0.39, 0.29) is 36.1 Å². The Morgan fingerprint density at radius 2 is 1.86 bits per heavy atom. The van der Waals surface area contributed by atoms with Gasteiger partial charge in [0.1, 0.15) is 0 Å². The van der Waals surface area contributed by atoms with Crippen molar-refractivity contribution in [2.45, 2.75) is 4.90 Å². The van der Waals surface area contributed by atoms with Crippen molar-refractivity contribution in [1.29, 1.82) is 5.26 Å². The van der Waals surface area contributed by atoms with Gasteiger partial charge >= 0.3 is 0 Å². The molecule has 0 aliphatic heterocycles. The van der Waals surface area contributed by atoms with Crippen LogP contribution in [0, 0.1) is 21.4 Å². The monoisotopic (exact) mass is 403 g/mol. The summed E-state index contributed by atoms with van der Waals surface area (Å²) >= 11 is 0. The Balaban J connectivity index is 1.76. The van der Waals surface area contributed by atoms with Crippen LogP contribution in [0.4, 0.5) is 11.4 Å². The van der Waals surface area contributed by atoms with E-state index in [1.165, 1.54) is 18.2 Å². The summed E-state index contributed by atoms with van der Waals surface area (Å²) in [6, 6.07) is 13.2. The number of sulfonamides is 1. The molecule has 2 aromatic carbocycles. The lowest BCUT2D eigenvalue weighted by atomic mass is 10.2. The Labute approximate surface area is 161 Å². The molecule has 0 aliphatic carbocycles. The summed E-state index contributed by atoms with van der Waals surface area (Å²) in [6.45, 7) is -0.0563. The van der Waals surface area contributed by atoms with Crippen LogP contribution in [0.2, 0.25) is 0 Å². The van der Waals surface area contributed by atoms with Crippen molar-refractivity contribution in [3.63, 3.8) is 0 Å². The minimum atomic E-state index is -3.92. The predicted molar refractivity (Wildman–Crippen MR) is 101 cm³/mol. The maximum Gasteiger partial charge on any atom is 0.270 e. The molecule has 0 heterocycles. The van der Waals surface area contributed by atoms with Crippen LogP contribution in [0.15, 0.2) is 53.4 Å². The third-order valence-corrected chi connectivity index (χ3v) is 5.00. The quantitative estimate of drug-likeness (QED) is 0.320. The molecule has 3 N–H and O–H groups in total. The van der Waals surface area contributed by atoms with Gasteiger partial charge in [0.15, 0.2) is 0 Å². The maximum absolute atomic E-state index is 12.1. The highest BCUT2D eigenvalue weighted by molar-refractivity contribution is 7.89. The Bertz CT molecular complexity index is 999. The topological polar surface area (TPSA) is 154 Å². The second kappa shape index (κ2) is 9.45. The molecule has 0 spiro atoms. The first-order valence-electron chi connectivity index (χ1n) is 8.07. The molecular weight excluding hydrogens is 386 g/mol. The minimum absolute atomic E-state index is 0.0243. The van der Waals surface area contributed by atoms with Crippen LogP contribution in [0.3, 0.4) is 0 Å². The molecule has 146 valence electrons. The molecule has 11 heteroatoms. The Morgan fingerprint density at radius 3 is 2.50 bits per heavy atom. The number of hydrogen-bond acceptors (Lipinski definition) is 7. The highest BCUT2D eigenvalue weighted by Crippen LogP contribution is 2.16. The van der Waals surface area contributed by atoms with Gasteiger partial charge in [-0.3, -0.25) is 14.9 Å². The molecule has 2 rings (SSSR count).